The zero-order valence-corrected chi connectivity index (χ0v) is 11.5. The number of nitrogens with one attached hydrogen (secondary N) is 1. The van der Waals surface area contributed by atoms with Crippen LogP contribution in [0.3, 0.4) is 0 Å². The van der Waals surface area contributed by atoms with Crippen molar-refractivity contribution < 1.29 is 9.90 Å². The standard InChI is InChI=1S/C13H18N2O2S/c1-9(2)15-10-4-7-18-12(10)8-11(15)13(17)14-5-3-6-16/h4,7-9,16H,3,5-6H2,1-2H3,(H,14,17). The molecule has 0 radical (unpaired) electrons. The Morgan fingerprint density at radius 3 is 3.00 bits per heavy atom. The van der Waals surface area contributed by atoms with Crippen LogP contribution < -0.4 is 5.32 Å². The zero-order valence-electron chi connectivity index (χ0n) is 10.6. The van der Waals surface area contributed by atoms with Crippen molar-refractivity contribution in [1.82, 2.24) is 9.88 Å². The van der Waals surface area contributed by atoms with Crippen LogP contribution in [-0.4, -0.2) is 28.7 Å². The normalized spacial score (nSPS) is 11.3. The fourth-order valence-corrected chi connectivity index (χ4v) is 2.86. The number of hydrogen-bond donors (Lipinski definition) is 2. The molecule has 0 spiro atoms. The summed E-state index contributed by atoms with van der Waals surface area (Å²) in [6, 6.07) is 4.23. The summed E-state index contributed by atoms with van der Waals surface area (Å²) < 4.78 is 3.19. The second kappa shape index (κ2) is 5.54. The molecule has 0 aliphatic heterocycles. The molecule has 0 aromatic carbocycles. The van der Waals surface area contributed by atoms with Crippen molar-refractivity contribution in [3.8, 4) is 0 Å². The van der Waals surface area contributed by atoms with Crippen LogP contribution in [0.2, 0.25) is 0 Å². The maximum atomic E-state index is 12.1. The van der Waals surface area contributed by atoms with E-state index in [0.29, 0.717) is 18.7 Å². The minimum Gasteiger partial charge on any atom is -0.396 e. The predicted octanol–water partition coefficient (Wildman–Crippen LogP) is 2.40. The van der Waals surface area contributed by atoms with Gasteiger partial charge >= 0.3 is 0 Å². The van der Waals surface area contributed by atoms with Gasteiger partial charge in [-0.3, -0.25) is 4.79 Å². The fraction of sp³-hybridized carbons (Fsp3) is 0.462. The average Bonchev–Trinajstić information content (AvgIpc) is 2.87. The van der Waals surface area contributed by atoms with Crippen LogP contribution in [0.1, 0.15) is 36.8 Å². The van der Waals surface area contributed by atoms with Crippen LogP contribution in [-0.2, 0) is 0 Å². The minimum absolute atomic E-state index is 0.0689. The summed E-state index contributed by atoms with van der Waals surface area (Å²) in [6.45, 7) is 4.75. The van der Waals surface area contributed by atoms with Crippen molar-refractivity contribution in [2.24, 2.45) is 0 Å². The highest BCUT2D eigenvalue weighted by atomic mass is 32.1. The predicted molar refractivity (Wildman–Crippen MR) is 74.2 cm³/mol. The molecule has 2 rings (SSSR count). The topological polar surface area (TPSA) is 54.3 Å². The summed E-state index contributed by atoms with van der Waals surface area (Å²) in [5.41, 5.74) is 1.81. The Morgan fingerprint density at radius 1 is 1.56 bits per heavy atom. The number of nitrogens with zero attached hydrogens (tertiary/aromatic N) is 1. The maximum Gasteiger partial charge on any atom is 0.267 e. The molecule has 0 fully saturated rings. The number of fused-ring (bicyclic) bond motifs is 1. The first-order chi connectivity index (χ1) is 8.65. The first-order valence-electron chi connectivity index (χ1n) is 6.12. The first-order valence-corrected chi connectivity index (χ1v) is 7.00. The van der Waals surface area contributed by atoms with Crippen molar-refractivity contribution in [2.75, 3.05) is 13.2 Å². The van der Waals surface area contributed by atoms with Crippen molar-refractivity contribution in [3.63, 3.8) is 0 Å². The highest BCUT2D eigenvalue weighted by molar-refractivity contribution is 7.17. The first kappa shape index (κ1) is 13.1. The van der Waals surface area contributed by atoms with Crippen molar-refractivity contribution in [1.29, 1.82) is 0 Å². The molecular weight excluding hydrogens is 248 g/mol. The van der Waals surface area contributed by atoms with Gasteiger partial charge < -0.3 is 15.0 Å². The Kier molecular flexibility index (Phi) is 4.04. The van der Waals surface area contributed by atoms with Crippen LogP contribution in [0, 0.1) is 0 Å². The molecule has 0 atom stereocenters. The second-order valence-electron chi connectivity index (χ2n) is 4.50. The van der Waals surface area contributed by atoms with Gasteiger partial charge in [0.2, 0.25) is 0 Å². The largest absolute Gasteiger partial charge is 0.396 e. The van der Waals surface area contributed by atoms with E-state index in [0.717, 1.165) is 10.2 Å². The number of hydrogen-bond acceptors (Lipinski definition) is 3. The highest BCUT2D eigenvalue weighted by Gasteiger charge is 2.17. The SMILES string of the molecule is CC(C)n1c(C(=O)NCCCO)cc2sccc21. The third-order valence-electron chi connectivity index (χ3n) is 2.83. The molecular formula is C13H18N2O2S. The maximum absolute atomic E-state index is 12.1. The molecule has 2 heterocycles. The lowest BCUT2D eigenvalue weighted by Gasteiger charge is -2.13. The van der Waals surface area contributed by atoms with Crippen LogP contribution in [0.5, 0.6) is 0 Å². The Balaban J connectivity index is 2.28. The van der Waals surface area contributed by atoms with Gasteiger partial charge in [-0.2, -0.15) is 0 Å². The molecule has 4 nitrogen and oxygen atoms in total. The molecule has 0 aliphatic rings. The number of aliphatic hydroxyl groups excluding tert-OH is 1. The lowest BCUT2D eigenvalue weighted by Crippen LogP contribution is -2.27. The summed E-state index contributed by atoms with van der Waals surface area (Å²) in [5.74, 6) is -0.0689. The monoisotopic (exact) mass is 266 g/mol. The van der Waals surface area contributed by atoms with E-state index in [1.54, 1.807) is 11.3 Å². The Hall–Kier alpha value is -1.33. The van der Waals surface area contributed by atoms with Crippen LogP contribution >= 0.6 is 11.3 Å². The molecule has 0 bridgehead atoms. The third-order valence-corrected chi connectivity index (χ3v) is 3.68. The molecule has 1 amide bonds. The summed E-state index contributed by atoms with van der Waals surface area (Å²) >= 11 is 1.64. The van der Waals surface area contributed by atoms with Gasteiger partial charge in [-0.15, -0.1) is 11.3 Å². The summed E-state index contributed by atoms with van der Waals surface area (Å²) in [4.78, 5) is 12.1. The number of rotatable bonds is 5. The third kappa shape index (κ3) is 2.42. The lowest BCUT2D eigenvalue weighted by atomic mass is 10.3. The molecule has 18 heavy (non-hydrogen) atoms. The molecule has 0 aliphatic carbocycles. The van der Waals surface area contributed by atoms with E-state index in [9.17, 15) is 4.79 Å². The molecule has 2 aromatic rings. The van der Waals surface area contributed by atoms with Gasteiger partial charge in [-0.05, 0) is 37.8 Å². The number of aliphatic hydroxyl groups is 1. The van der Waals surface area contributed by atoms with E-state index in [1.165, 1.54) is 0 Å². The van der Waals surface area contributed by atoms with Gasteiger partial charge in [0.05, 0.1) is 10.2 Å². The smallest absolute Gasteiger partial charge is 0.267 e. The van der Waals surface area contributed by atoms with Crippen LogP contribution in [0.15, 0.2) is 17.5 Å². The molecule has 98 valence electrons. The van der Waals surface area contributed by atoms with Crippen LogP contribution in [0.25, 0.3) is 10.2 Å². The van der Waals surface area contributed by atoms with Gasteiger partial charge in [0, 0.05) is 19.2 Å². The van der Waals surface area contributed by atoms with Gasteiger partial charge in [0.15, 0.2) is 0 Å². The van der Waals surface area contributed by atoms with Gasteiger partial charge in [-0.25, -0.2) is 0 Å². The summed E-state index contributed by atoms with van der Waals surface area (Å²) in [6.07, 6.45) is 0.586. The molecule has 2 N–H and O–H groups in total. The van der Waals surface area contributed by atoms with Crippen molar-refractivity contribution in [2.45, 2.75) is 26.3 Å². The van der Waals surface area contributed by atoms with E-state index in [1.807, 2.05) is 17.5 Å². The zero-order chi connectivity index (χ0) is 13.1. The van der Waals surface area contributed by atoms with E-state index in [4.69, 9.17) is 5.11 Å². The Bertz CT molecular complexity index is 542. The lowest BCUT2D eigenvalue weighted by molar-refractivity contribution is 0.0941. The van der Waals surface area contributed by atoms with Gasteiger partial charge in [0.25, 0.3) is 5.91 Å². The van der Waals surface area contributed by atoms with Crippen molar-refractivity contribution >= 4 is 27.5 Å². The van der Waals surface area contributed by atoms with Gasteiger partial charge in [-0.1, -0.05) is 0 Å². The molecule has 0 saturated carbocycles. The van der Waals surface area contributed by atoms with Gasteiger partial charge in [0.1, 0.15) is 5.69 Å². The number of carbonyl (C=O) groups excluding carboxylic acids is 1. The summed E-state index contributed by atoms with van der Waals surface area (Å²) in [7, 11) is 0. The second-order valence-corrected chi connectivity index (χ2v) is 5.44. The van der Waals surface area contributed by atoms with E-state index in [2.05, 4.69) is 23.7 Å². The van der Waals surface area contributed by atoms with E-state index in [-0.39, 0.29) is 18.6 Å². The fourth-order valence-electron chi connectivity index (χ4n) is 2.05. The number of aromatic nitrogens is 1. The molecule has 5 heteroatoms. The molecule has 0 unspecified atom stereocenters. The Morgan fingerprint density at radius 2 is 2.33 bits per heavy atom. The average molecular weight is 266 g/mol. The van der Waals surface area contributed by atoms with E-state index >= 15 is 0 Å². The molecule has 2 aromatic heterocycles. The highest BCUT2D eigenvalue weighted by Crippen LogP contribution is 2.28. The summed E-state index contributed by atoms with van der Waals surface area (Å²) in [5, 5.41) is 13.6. The Labute approximate surface area is 110 Å². The van der Waals surface area contributed by atoms with E-state index < -0.39 is 0 Å². The number of carbonyl (C=O) groups is 1. The quantitative estimate of drug-likeness (QED) is 0.816. The number of thiophene rings is 1. The number of amides is 1. The van der Waals surface area contributed by atoms with Crippen LogP contribution in [0.4, 0.5) is 0 Å². The molecule has 0 saturated heterocycles. The minimum atomic E-state index is -0.0689. The van der Waals surface area contributed by atoms with Crippen molar-refractivity contribution in [3.05, 3.63) is 23.2 Å².